The van der Waals surface area contributed by atoms with Crippen LogP contribution in [0.5, 0.6) is 5.75 Å². The average molecular weight is 211 g/mol. The van der Waals surface area contributed by atoms with Crippen molar-refractivity contribution < 1.29 is 4.74 Å². The molecule has 1 rings (SSSR count). The van der Waals surface area contributed by atoms with Gasteiger partial charge in [0.25, 0.3) is 0 Å². The topological polar surface area (TPSA) is 21.3 Å². The Hall–Kier alpha value is -0.830. The van der Waals surface area contributed by atoms with Crippen LogP contribution in [0.15, 0.2) is 24.3 Å². The van der Waals surface area contributed by atoms with Crippen molar-refractivity contribution in [2.75, 3.05) is 30.5 Å². The normalized spacial score (nSPS) is 9.86. The van der Waals surface area contributed by atoms with Crippen molar-refractivity contribution in [1.29, 1.82) is 0 Å². The Kier molecular flexibility index (Phi) is 5.30. The Morgan fingerprint density at radius 1 is 1.29 bits per heavy atom. The van der Waals surface area contributed by atoms with Crippen LogP contribution in [0, 0.1) is 0 Å². The predicted molar refractivity (Wildman–Crippen MR) is 64.5 cm³/mol. The lowest BCUT2D eigenvalue weighted by molar-refractivity contribution is 0.344. The first-order valence-corrected chi connectivity index (χ1v) is 6.00. The minimum absolute atomic E-state index is 0.789. The van der Waals surface area contributed by atoms with Gasteiger partial charge in [0.05, 0.1) is 6.61 Å². The maximum atomic E-state index is 5.56. The molecule has 0 saturated heterocycles. The van der Waals surface area contributed by atoms with Gasteiger partial charge in [0.1, 0.15) is 5.75 Å². The van der Waals surface area contributed by atoms with Crippen LogP contribution in [-0.4, -0.2) is 25.2 Å². The van der Waals surface area contributed by atoms with Crippen LogP contribution in [-0.2, 0) is 0 Å². The van der Waals surface area contributed by atoms with Crippen LogP contribution >= 0.6 is 11.8 Å². The summed E-state index contributed by atoms with van der Waals surface area (Å²) in [5.41, 5.74) is 1.11. The highest BCUT2D eigenvalue weighted by Gasteiger charge is 1.93. The van der Waals surface area contributed by atoms with Crippen LogP contribution in [0.25, 0.3) is 0 Å². The number of hydrogen-bond donors (Lipinski definition) is 1. The lowest BCUT2D eigenvalue weighted by atomic mass is 10.3. The summed E-state index contributed by atoms with van der Waals surface area (Å²) in [5.74, 6) is 3.16. The summed E-state index contributed by atoms with van der Waals surface area (Å²) in [5, 5.41) is 3.07. The van der Waals surface area contributed by atoms with Gasteiger partial charge in [-0.25, -0.2) is 0 Å². The molecule has 0 atom stereocenters. The first-order valence-electron chi connectivity index (χ1n) is 4.85. The van der Waals surface area contributed by atoms with E-state index in [-0.39, 0.29) is 0 Å². The lowest BCUT2D eigenvalue weighted by Gasteiger charge is -2.06. The Balaban J connectivity index is 2.29. The van der Waals surface area contributed by atoms with Crippen molar-refractivity contribution >= 4 is 17.4 Å². The number of anilines is 1. The third-order valence-electron chi connectivity index (χ3n) is 1.84. The van der Waals surface area contributed by atoms with Crippen molar-refractivity contribution in [1.82, 2.24) is 0 Å². The molecule has 1 aromatic carbocycles. The first kappa shape index (κ1) is 11.2. The van der Waals surface area contributed by atoms with E-state index in [9.17, 15) is 0 Å². The van der Waals surface area contributed by atoms with E-state index in [2.05, 4.69) is 12.2 Å². The zero-order chi connectivity index (χ0) is 10.2. The van der Waals surface area contributed by atoms with Crippen molar-refractivity contribution in [2.45, 2.75) is 6.92 Å². The third kappa shape index (κ3) is 3.92. The fourth-order valence-corrected chi connectivity index (χ4v) is 1.57. The molecule has 14 heavy (non-hydrogen) atoms. The molecule has 1 N–H and O–H groups in total. The SMILES string of the molecule is CCSCCOc1ccc(NC)cc1. The Bertz CT molecular complexity index is 248. The number of hydrogen-bond acceptors (Lipinski definition) is 3. The van der Waals surface area contributed by atoms with Gasteiger partial charge < -0.3 is 10.1 Å². The second-order valence-corrected chi connectivity index (χ2v) is 4.21. The van der Waals surface area contributed by atoms with Crippen LogP contribution in [0.2, 0.25) is 0 Å². The predicted octanol–water partition coefficient (Wildman–Crippen LogP) is 2.86. The summed E-state index contributed by atoms with van der Waals surface area (Å²) in [4.78, 5) is 0. The summed E-state index contributed by atoms with van der Waals surface area (Å²) < 4.78 is 5.56. The molecule has 0 aliphatic carbocycles. The van der Waals surface area contributed by atoms with E-state index in [4.69, 9.17) is 4.74 Å². The molecule has 0 aliphatic heterocycles. The molecule has 0 aromatic heterocycles. The fourth-order valence-electron chi connectivity index (χ4n) is 1.08. The molecule has 3 heteroatoms. The third-order valence-corrected chi connectivity index (χ3v) is 2.71. The van der Waals surface area contributed by atoms with Crippen molar-refractivity contribution in [3.63, 3.8) is 0 Å². The van der Waals surface area contributed by atoms with E-state index >= 15 is 0 Å². The second kappa shape index (κ2) is 6.60. The van der Waals surface area contributed by atoms with E-state index in [1.807, 2.05) is 43.1 Å². The van der Waals surface area contributed by atoms with Crippen molar-refractivity contribution in [3.8, 4) is 5.75 Å². The highest BCUT2D eigenvalue weighted by Crippen LogP contribution is 2.15. The van der Waals surface area contributed by atoms with Gasteiger partial charge in [-0.3, -0.25) is 0 Å². The second-order valence-electron chi connectivity index (χ2n) is 2.82. The zero-order valence-corrected chi connectivity index (χ0v) is 9.56. The van der Waals surface area contributed by atoms with Gasteiger partial charge in [-0.15, -0.1) is 0 Å². The first-order chi connectivity index (χ1) is 6.86. The van der Waals surface area contributed by atoms with Gasteiger partial charge in [0.15, 0.2) is 0 Å². The van der Waals surface area contributed by atoms with Crippen LogP contribution < -0.4 is 10.1 Å². The molecule has 0 heterocycles. The maximum Gasteiger partial charge on any atom is 0.119 e. The molecular weight excluding hydrogens is 194 g/mol. The van der Waals surface area contributed by atoms with E-state index < -0.39 is 0 Å². The minimum atomic E-state index is 0.789. The molecular formula is C11H17NOS. The zero-order valence-electron chi connectivity index (χ0n) is 8.75. The fraction of sp³-hybridized carbons (Fsp3) is 0.455. The molecule has 0 aliphatic rings. The Morgan fingerprint density at radius 3 is 2.57 bits per heavy atom. The van der Waals surface area contributed by atoms with E-state index in [1.165, 1.54) is 0 Å². The van der Waals surface area contributed by atoms with E-state index in [0.29, 0.717) is 0 Å². The maximum absolute atomic E-state index is 5.56. The van der Waals surface area contributed by atoms with Crippen LogP contribution in [0.4, 0.5) is 5.69 Å². The number of thioether (sulfide) groups is 1. The Morgan fingerprint density at radius 2 is 2.00 bits per heavy atom. The van der Waals surface area contributed by atoms with Crippen LogP contribution in [0.1, 0.15) is 6.92 Å². The molecule has 0 radical (unpaired) electrons. The van der Waals surface area contributed by atoms with Gasteiger partial charge in [-0.05, 0) is 30.0 Å². The highest BCUT2D eigenvalue weighted by atomic mass is 32.2. The molecule has 0 spiro atoms. The molecule has 0 bridgehead atoms. The lowest BCUT2D eigenvalue weighted by Crippen LogP contribution is -2.00. The summed E-state index contributed by atoms with van der Waals surface area (Å²) in [6.07, 6.45) is 0. The Labute approximate surface area is 90.0 Å². The van der Waals surface area contributed by atoms with Gasteiger partial charge in [0.2, 0.25) is 0 Å². The molecule has 0 saturated carbocycles. The van der Waals surface area contributed by atoms with Crippen molar-refractivity contribution in [2.24, 2.45) is 0 Å². The number of ether oxygens (including phenoxy) is 1. The van der Waals surface area contributed by atoms with Gasteiger partial charge >= 0.3 is 0 Å². The average Bonchev–Trinajstić information content (AvgIpc) is 2.25. The van der Waals surface area contributed by atoms with Crippen LogP contribution in [0.3, 0.4) is 0 Å². The largest absolute Gasteiger partial charge is 0.493 e. The van der Waals surface area contributed by atoms with E-state index in [1.54, 1.807) is 0 Å². The number of benzene rings is 1. The smallest absolute Gasteiger partial charge is 0.119 e. The molecule has 78 valence electrons. The number of rotatable bonds is 6. The standard InChI is InChI=1S/C11H17NOS/c1-3-14-9-8-13-11-6-4-10(12-2)5-7-11/h4-7,12H,3,8-9H2,1-2H3. The molecule has 2 nitrogen and oxygen atoms in total. The summed E-state index contributed by atoms with van der Waals surface area (Å²) in [6, 6.07) is 8.01. The summed E-state index contributed by atoms with van der Waals surface area (Å²) in [7, 11) is 1.91. The van der Waals surface area contributed by atoms with Gasteiger partial charge in [0, 0.05) is 18.5 Å². The van der Waals surface area contributed by atoms with Crippen molar-refractivity contribution in [3.05, 3.63) is 24.3 Å². The van der Waals surface area contributed by atoms with Gasteiger partial charge in [-0.2, -0.15) is 11.8 Å². The molecule has 0 amide bonds. The monoisotopic (exact) mass is 211 g/mol. The van der Waals surface area contributed by atoms with Gasteiger partial charge in [-0.1, -0.05) is 6.92 Å². The quantitative estimate of drug-likeness (QED) is 0.731. The molecule has 0 fully saturated rings. The minimum Gasteiger partial charge on any atom is -0.493 e. The van der Waals surface area contributed by atoms with E-state index in [0.717, 1.165) is 29.5 Å². The number of nitrogens with one attached hydrogen (secondary N) is 1. The molecule has 1 aromatic rings. The molecule has 0 unspecified atom stereocenters. The highest BCUT2D eigenvalue weighted by molar-refractivity contribution is 7.99. The summed E-state index contributed by atoms with van der Waals surface area (Å²) >= 11 is 1.90. The summed E-state index contributed by atoms with van der Waals surface area (Å²) in [6.45, 7) is 2.95.